The Labute approximate surface area is 109 Å². The second-order valence-electron chi connectivity index (χ2n) is 4.21. The molecule has 2 rings (SSSR count). The monoisotopic (exact) mass is 330 g/mol. The number of carbonyl (C=O) groups is 1. The number of aromatic nitrogens is 1. The first-order valence-electron chi connectivity index (χ1n) is 5.62. The maximum Gasteiger partial charge on any atom is 0.151 e. The largest absolute Gasteiger partial charge is 0.362 e. The maximum absolute atomic E-state index is 11.6. The van der Waals surface area contributed by atoms with Gasteiger partial charge in [0.1, 0.15) is 5.82 Å². The molecule has 3 nitrogen and oxygen atoms in total. The second-order valence-corrected chi connectivity index (χ2v) is 5.37. The number of pyridine rings is 1. The van der Waals surface area contributed by atoms with Crippen LogP contribution in [-0.2, 0) is 4.79 Å². The third-order valence-electron chi connectivity index (χ3n) is 2.74. The van der Waals surface area contributed by atoms with Gasteiger partial charge in [-0.15, -0.1) is 0 Å². The Morgan fingerprint density at radius 2 is 2.38 bits per heavy atom. The molecule has 0 atom stereocenters. The fraction of sp³-hybridized carbons (Fsp3) is 0.500. The molecule has 0 bridgehead atoms. The van der Waals surface area contributed by atoms with Crippen LogP contribution in [-0.4, -0.2) is 17.3 Å². The molecule has 0 aliphatic heterocycles. The summed E-state index contributed by atoms with van der Waals surface area (Å²) < 4.78 is 1.05. The molecule has 16 heavy (non-hydrogen) atoms. The van der Waals surface area contributed by atoms with Gasteiger partial charge >= 0.3 is 0 Å². The molecule has 1 N–H and O–H groups in total. The molecule has 0 amide bonds. The lowest BCUT2D eigenvalue weighted by atomic mass is 10.1. The Morgan fingerprint density at radius 3 is 3.06 bits per heavy atom. The highest BCUT2D eigenvalue weighted by Gasteiger charge is 2.21. The van der Waals surface area contributed by atoms with Crippen molar-refractivity contribution < 1.29 is 4.79 Å². The first-order valence-corrected chi connectivity index (χ1v) is 6.69. The molecule has 1 aromatic heterocycles. The van der Waals surface area contributed by atoms with E-state index in [0.717, 1.165) is 21.7 Å². The highest BCUT2D eigenvalue weighted by Crippen LogP contribution is 2.33. The summed E-state index contributed by atoms with van der Waals surface area (Å²) >= 11 is 2.21. The van der Waals surface area contributed by atoms with Crippen LogP contribution in [0.25, 0.3) is 0 Å². The van der Waals surface area contributed by atoms with Gasteiger partial charge in [-0.25, -0.2) is 4.98 Å². The van der Waals surface area contributed by atoms with Gasteiger partial charge in [0.15, 0.2) is 5.78 Å². The van der Waals surface area contributed by atoms with Gasteiger partial charge in [0.05, 0.1) is 10.1 Å². The van der Waals surface area contributed by atoms with E-state index in [9.17, 15) is 4.79 Å². The molecule has 0 radical (unpaired) electrons. The zero-order valence-corrected chi connectivity index (χ0v) is 11.2. The summed E-state index contributed by atoms with van der Waals surface area (Å²) in [7, 11) is 0. The first kappa shape index (κ1) is 11.8. The Bertz CT molecular complexity index is 377. The normalized spacial score (nSPS) is 14.8. The average Bonchev–Trinajstić information content (AvgIpc) is 3.09. The summed E-state index contributed by atoms with van der Waals surface area (Å²) in [4.78, 5) is 15.8. The van der Waals surface area contributed by atoms with E-state index < -0.39 is 0 Å². The Morgan fingerprint density at radius 1 is 1.56 bits per heavy atom. The van der Waals surface area contributed by atoms with Gasteiger partial charge in [0.25, 0.3) is 0 Å². The van der Waals surface area contributed by atoms with E-state index in [2.05, 4.69) is 32.9 Å². The van der Waals surface area contributed by atoms with Gasteiger partial charge < -0.3 is 5.32 Å². The Hall–Kier alpha value is -0.650. The fourth-order valence-electron chi connectivity index (χ4n) is 1.56. The van der Waals surface area contributed by atoms with Crippen molar-refractivity contribution in [2.75, 3.05) is 11.9 Å². The summed E-state index contributed by atoms with van der Waals surface area (Å²) in [5, 5.41) is 3.09. The summed E-state index contributed by atoms with van der Waals surface area (Å²) in [6, 6.07) is 3.87. The van der Waals surface area contributed by atoms with Gasteiger partial charge in [-0.05, 0) is 47.1 Å². The topological polar surface area (TPSA) is 42.0 Å². The number of nitrogens with zero attached hydrogens (tertiary/aromatic N) is 1. The lowest BCUT2D eigenvalue weighted by Crippen LogP contribution is -2.15. The Kier molecular flexibility index (Phi) is 4.15. The van der Waals surface area contributed by atoms with Crippen molar-refractivity contribution in [3.63, 3.8) is 0 Å². The predicted molar refractivity (Wildman–Crippen MR) is 72.4 cm³/mol. The molecule has 4 heteroatoms. The summed E-state index contributed by atoms with van der Waals surface area (Å²) in [6.07, 6.45) is 6.15. The number of Topliss-reactive ketones (excluding diaryl/α,β-unsaturated/α-hetero) is 1. The molecule has 1 aliphatic rings. The van der Waals surface area contributed by atoms with Crippen molar-refractivity contribution in [1.82, 2.24) is 4.98 Å². The van der Waals surface area contributed by atoms with Crippen molar-refractivity contribution in [3.8, 4) is 0 Å². The number of nitrogens with one attached hydrogen (secondary N) is 1. The summed E-state index contributed by atoms with van der Waals surface area (Å²) in [5.74, 6) is 1.93. The van der Waals surface area contributed by atoms with Gasteiger partial charge in [-0.2, -0.15) is 0 Å². The van der Waals surface area contributed by atoms with Gasteiger partial charge in [-0.3, -0.25) is 4.79 Å². The van der Waals surface area contributed by atoms with E-state index in [1.807, 2.05) is 12.1 Å². The molecule has 1 heterocycles. The van der Waals surface area contributed by atoms with Crippen LogP contribution in [0, 0.1) is 9.49 Å². The average molecular weight is 330 g/mol. The molecule has 0 saturated heterocycles. The highest BCUT2D eigenvalue weighted by atomic mass is 127. The predicted octanol–water partition coefficient (Wildman–Crippen LogP) is 2.86. The van der Waals surface area contributed by atoms with E-state index in [1.54, 1.807) is 6.20 Å². The molecular weight excluding hydrogens is 315 g/mol. The molecule has 0 aromatic carbocycles. The van der Waals surface area contributed by atoms with Crippen LogP contribution in [0.1, 0.15) is 25.7 Å². The van der Waals surface area contributed by atoms with Crippen molar-refractivity contribution in [1.29, 1.82) is 0 Å². The number of hydrogen-bond donors (Lipinski definition) is 1. The van der Waals surface area contributed by atoms with Crippen molar-refractivity contribution in [2.45, 2.75) is 25.7 Å². The van der Waals surface area contributed by atoms with E-state index in [1.165, 1.54) is 12.8 Å². The zero-order chi connectivity index (χ0) is 11.4. The van der Waals surface area contributed by atoms with Crippen LogP contribution in [0.3, 0.4) is 0 Å². The number of carbonyl (C=O) groups excluding carboxylic acids is 1. The Balaban J connectivity index is 1.73. The van der Waals surface area contributed by atoms with E-state index in [4.69, 9.17) is 0 Å². The first-order chi connectivity index (χ1) is 7.75. The fourth-order valence-corrected chi connectivity index (χ4v) is 2.10. The van der Waals surface area contributed by atoms with Crippen LogP contribution in [0.15, 0.2) is 18.3 Å². The number of anilines is 1. The third kappa shape index (κ3) is 3.73. The minimum atomic E-state index is 0.286. The minimum absolute atomic E-state index is 0.286. The second kappa shape index (κ2) is 5.61. The molecule has 1 aromatic rings. The summed E-state index contributed by atoms with van der Waals surface area (Å²) in [6.45, 7) is 0.403. The number of ketones is 1. The van der Waals surface area contributed by atoms with Gasteiger partial charge in [-0.1, -0.05) is 12.8 Å². The van der Waals surface area contributed by atoms with Crippen LogP contribution >= 0.6 is 22.6 Å². The van der Waals surface area contributed by atoms with Gasteiger partial charge in [0, 0.05) is 12.6 Å². The van der Waals surface area contributed by atoms with E-state index in [0.29, 0.717) is 13.0 Å². The number of hydrogen-bond acceptors (Lipinski definition) is 3. The summed E-state index contributed by atoms with van der Waals surface area (Å²) in [5.41, 5.74) is 0. The van der Waals surface area contributed by atoms with Crippen LogP contribution < -0.4 is 5.32 Å². The molecule has 0 unspecified atom stereocenters. The quantitative estimate of drug-likeness (QED) is 0.816. The standard InChI is InChI=1S/C12H15IN2O/c13-11-2-1-7-14-12(11)15-8-10(16)6-5-9-3-4-9/h1-2,7,9H,3-6,8H2,(H,14,15). The number of halogens is 1. The zero-order valence-electron chi connectivity index (χ0n) is 9.08. The van der Waals surface area contributed by atoms with Crippen molar-refractivity contribution >= 4 is 34.2 Å². The maximum atomic E-state index is 11.6. The molecule has 86 valence electrons. The van der Waals surface area contributed by atoms with E-state index in [-0.39, 0.29) is 5.78 Å². The third-order valence-corrected chi connectivity index (χ3v) is 3.61. The van der Waals surface area contributed by atoms with Crippen molar-refractivity contribution in [3.05, 3.63) is 21.9 Å². The smallest absolute Gasteiger partial charge is 0.151 e. The molecule has 1 fully saturated rings. The molecule has 1 saturated carbocycles. The molecular formula is C12H15IN2O. The molecule has 0 spiro atoms. The number of rotatable bonds is 6. The lowest BCUT2D eigenvalue weighted by Gasteiger charge is -2.06. The highest BCUT2D eigenvalue weighted by molar-refractivity contribution is 14.1. The van der Waals surface area contributed by atoms with Crippen LogP contribution in [0.5, 0.6) is 0 Å². The lowest BCUT2D eigenvalue weighted by molar-refractivity contribution is -0.117. The van der Waals surface area contributed by atoms with Crippen LogP contribution in [0.2, 0.25) is 0 Å². The molecule has 1 aliphatic carbocycles. The van der Waals surface area contributed by atoms with Crippen LogP contribution in [0.4, 0.5) is 5.82 Å². The minimum Gasteiger partial charge on any atom is -0.362 e. The van der Waals surface area contributed by atoms with E-state index >= 15 is 0 Å². The SMILES string of the molecule is O=C(CCC1CC1)CNc1ncccc1I. The van der Waals surface area contributed by atoms with Gasteiger partial charge in [0.2, 0.25) is 0 Å². The van der Waals surface area contributed by atoms with Crippen molar-refractivity contribution in [2.24, 2.45) is 5.92 Å².